The lowest BCUT2D eigenvalue weighted by molar-refractivity contribution is -0.140. The molecule has 0 radical (unpaired) electrons. The monoisotopic (exact) mass is 290 g/mol. The van der Waals surface area contributed by atoms with Crippen molar-refractivity contribution in [2.24, 2.45) is 0 Å². The lowest BCUT2D eigenvalue weighted by atomic mass is 10.1. The van der Waals surface area contributed by atoms with E-state index in [1.54, 1.807) is 11.8 Å². The van der Waals surface area contributed by atoms with Crippen LogP contribution < -0.4 is 5.32 Å². The van der Waals surface area contributed by atoms with E-state index in [9.17, 15) is 9.59 Å². The molecule has 2 amide bonds. The summed E-state index contributed by atoms with van der Waals surface area (Å²) in [5.74, 6) is -0.104. The van der Waals surface area contributed by atoms with Crippen LogP contribution in [0.15, 0.2) is 30.3 Å². The van der Waals surface area contributed by atoms with Crippen molar-refractivity contribution in [2.75, 3.05) is 0 Å². The van der Waals surface area contributed by atoms with Gasteiger partial charge in [-0.1, -0.05) is 44.2 Å². The predicted molar refractivity (Wildman–Crippen MR) is 84.6 cm³/mol. The maximum Gasteiger partial charge on any atom is 0.242 e. The molecule has 116 valence electrons. The molecule has 0 aromatic heterocycles. The van der Waals surface area contributed by atoms with Crippen LogP contribution in [0.1, 0.15) is 46.1 Å². The van der Waals surface area contributed by atoms with Gasteiger partial charge in [0.2, 0.25) is 11.8 Å². The second-order valence-corrected chi connectivity index (χ2v) is 5.35. The Balaban J connectivity index is 2.82. The maximum absolute atomic E-state index is 12.3. The summed E-state index contributed by atoms with van der Waals surface area (Å²) in [5, 5.41) is 2.94. The smallest absolute Gasteiger partial charge is 0.242 e. The molecule has 4 heteroatoms. The lowest BCUT2D eigenvalue weighted by Crippen LogP contribution is -2.49. The van der Waals surface area contributed by atoms with E-state index in [2.05, 4.69) is 5.32 Å². The third-order valence-corrected chi connectivity index (χ3v) is 3.67. The Hall–Kier alpha value is -1.84. The molecule has 1 rings (SSSR count). The van der Waals surface area contributed by atoms with Gasteiger partial charge in [-0.05, 0) is 25.8 Å². The molecule has 0 unspecified atom stereocenters. The molecule has 1 N–H and O–H groups in total. The number of amides is 2. The average molecular weight is 290 g/mol. The minimum Gasteiger partial charge on any atom is -0.352 e. The Labute approximate surface area is 127 Å². The van der Waals surface area contributed by atoms with E-state index in [0.29, 0.717) is 13.0 Å². The Morgan fingerprint density at radius 1 is 1.14 bits per heavy atom. The highest BCUT2D eigenvalue weighted by Gasteiger charge is 2.25. The van der Waals surface area contributed by atoms with Crippen molar-refractivity contribution in [3.05, 3.63) is 35.9 Å². The van der Waals surface area contributed by atoms with Crippen LogP contribution in [0.25, 0.3) is 0 Å². The van der Waals surface area contributed by atoms with Gasteiger partial charge in [0.05, 0.1) is 0 Å². The molecule has 0 aliphatic heterocycles. The predicted octanol–water partition coefficient (Wildman–Crippen LogP) is 2.73. The highest BCUT2D eigenvalue weighted by molar-refractivity contribution is 5.87. The number of benzene rings is 1. The van der Waals surface area contributed by atoms with Gasteiger partial charge in [-0.3, -0.25) is 9.59 Å². The van der Waals surface area contributed by atoms with Gasteiger partial charge in [0, 0.05) is 19.0 Å². The van der Waals surface area contributed by atoms with Crippen molar-refractivity contribution in [3.8, 4) is 0 Å². The first-order valence-corrected chi connectivity index (χ1v) is 7.63. The van der Waals surface area contributed by atoms with Crippen molar-refractivity contribution in [2.45, 2.75) is 59.2 Å². The Kier molecular flexibility index (Phi) is 6.92. The topological polar surface area (TPSA) is 49.4 Å². The molecular weight excluding hydrogens is 264 g/mol. The van der Waals surface area contributed by atoms with Crippen LogP contribution in [0.2, 0.25) is 0 Å². The molecule has 0 saturated heterocycles. The van der Waals surface area contributed by atoms with E-state index in [-0.39, 0.29) is 17.9 Å². The minimum absolute atomic E-state index is 0.00865. The number of nitrogens with zero attached hydrogens (tertiary/aromatic N) is 1. The molecule has 0 aliphatic carbocycles. The summed E-state index contributed by atoms with van der Waals surface area (Å²) in [5.41, 5.74) is 1.03. The number of nitrogens with one attached hydrogen (secondary N) is 1. The summed E-state index contributed by atoms with van der Waals surface area (Å²) in [6.45, 7) is 8.05. The summed E-state index contributed by atoms with van der Waals surface area (Å²) in [6, 6.07) is 9.41. The zero-order chi connectivity index (χ0) is 15.8. The first-order valence-electron chi connectivity index (χ1n) is 7.63. The van der Waals surface area contributed by atoms with Crippen LogP contribution >= 0.6 is 0 Å². The van der Waals surface area contributed by atoms with Crippen molar-refractivity contribution < 1.29 is 9.59 Å². The van der Waals surface area contributed by atoms with Crippen LogP contribution in [-0.4, -0.2) is 28.8 Å². The molecule has 0 heterocycles. The standard InChI is InChI=1S/C17H26N2O2/c1-5-13(3)18-17(21)14(4)19(16(20)6-2)12-15-10-8-7-9-11-15/h7-11,13-14H,5-6,12H2,1-4H3,(H,18,21)/t13-,14-/m0/s1. The lowest BCUT2D eigenvalue weighted by Gasteiger charge is -2.29. The zero-order valence-corrected chi connectivity index (χ0v) is 13.4. The molecule has 2 atom stereocenters. The molecule has 21 heavy (non-hydrogen) atoms. The van der Waals surface area contributed by atoms with Crippen molar-refractivity contribution in [1.29, 1.82) is 0 Å². The molecule has 0 bridgehead atoms. The fourth-order valence-electron chi connectivity index (χ4n) is 2.03. The van der Waals surface area contributed by atoms with Gasteiger partial charge in [0.15, 0.2) is 0 Å². The second kappa shape index (κ2) is 8.45. The fourth-order valence-corrected chi connectivity index (χ4v) is 2.03. The maximum atomic E-state index is 12.3. The Morgan fingerprint density at radius 3 is 2.29 bits per heavy atom. The Morgan fingerprint density at radius 2 is 1.76 bits per heavy atom. The van der Waals surface area contributed by atoms with Gasteiger partial charge in [-0.15, -0.1) is 0 Å². The van der Waals surface area contributed by atoms with Crippen LogP contribution in [0.5, 0.6) is 0 Å². The van der Waals surface area contributed by atoms with Gasteiger partial charge in [0.25, 0.3) is 0 Å². The van der Waals surface area contributed by atoms with Crippen molar-refractivity contribution in [1.82, 2.24) is 10.2 Å². The van der Waals surface area contributed by atoms with E-state index >= 15 is 0 Å². The molecule has 0 saturated carbocycles. The second-order valence-electron chi connectivity index (χ2n) is 5.35. The molecule has 0 aliphatic rings. The van der Waals surface area contributed by atoms with E-state index < -0.39 is 6.04 Å². The SMILES string of the molecule is CCC(=O)N(Cc1ccccc1)[C@@H](C)C(=O)N[C@@H](C)CC. The van der Waals surface area contributed by atoms with Crippen molar-refractivity contribution >= 4 is 11.8 Å². The first-order chi connectivity index (χ1) is 9.99. The number of rotatable bonds is 7. The van der Waals surface area contributed by atoms with Crippen LogP contribution in [-0.2, 0) is 16.1 Å². The molecule has 1 aromatic rings. The quantitative estimate of drug-likeness (QED) is 0.839. The minimum atomic E-state index is -0.466. The third-order valence-electron chi connectivity index (χ3n) is 3.67. The third kappa shape index (κ3) is 5.21. The zero-order valence-electron chi connectivity index (χ0n) is 13.4. The summed E-state index contributed by atoms with van der Waals surface area (Å²) in [4.78, 5) is 26.1. The summed E-state index contributed by atoms with van der Waals surface area (Å²) in [6.07, 6.45) is 1.27. The van der Waals surface area contributed by atoms with E-state index in [0.717, 1.165) is 12.0 Å². The number of carbonyl (C=O) groups is 2. The van der Waals surface area contributed by atoms with Crippen LogP contribution in [0.4, 0.5) is 0 Å². The van der Waals surface area contributed by atoms with Gasteiger partial charge in [-0.25, -0.2) is 0 Å². The number of hydrogen-bond acceptors (Lipinski definition) is 2. The van der Waals surface area contributed by atoms with Crippen molar-refractivity contribution in [3.63, 3.8) is 0 Å². The first kappa shape index (κ1) is 17.2. The molecule has 4 nitrogen and oxygen atoms in total. The molecule has 1 aromatic carbocycles. The van der Waals surface area contributed by atoms with Gasteiger partial charge < -0.3 is 10.2 Å². The largest absolute Gasteiger partial charge is 0.352 e. The highest BCUT2D eigenvalue weighted by Crippen LogP contribution is 2.11. The Bertz CT molecular complexity index is 459. The van der Waals surface area contributed by atoms with Gasteiger partial charge in [-0.2, -0.15) is 0 Å². The van der Waals surface area contributed by atoms with E-state index in [1.165, 1.54) is 0 Å². The summed E-state index contributed by atoms with van der Waals surface area (Å²) < 4.78 is 0. The van der Waals surface area contributed by atoms with Crippen LogP contribution in [0, 0.1) is 0 Å². The normalized spacial score (nSPS) is 13.3. The molecule has 0 spiro atoms. The number of carbonyl (C=O) groups excluding carboxylic acids is 2. The average Bonchev–Trinajstić information content (AvgIpc) is 2.51. The summed E-state index contributed by atoms with van der Waals surface area (Å²) >= 11 is 0. The van der Waals surface area contributed by atoms with E-state index in [1.807, 2.05) is 51.1 Å². The van der Waals surface area contributed by atoms with Gasteiger partial charge in [0.1, 0.15) is 6.04 Å². The van der Waals surface area contributed by atoms with Crippen LogP contribution in [0.3, 0.4) is 0 Å². The molecular formula is C17H26N2O2. The van der Waals surface area contributed by atoms with E-state index in [4.69, 9.17) is 0 Å². The fraction of sp³-hybridized carbons (Fsp3) is 0.529. The van der Waals surface area contributed by atoms with Gasteiger partial charge >= 0.3 is 0 Å². The number of hydrogen-bond donors (Lipinski definition) is 1. The summed E-state index contributed by atoms with van der Waals surface area (Å²) in [7, 11) is 0. The highest BCUT2D eigenvalue weighted by atomic mass is 16.2. The molecule has 0 fully saturated rings.